The van der Waals surface area contributed by atoms with E-state index in [-0.39, 0.29) is 11.8 Å². The maximum Gasteiger partial charge on any atom is 0.416 e. The summed E-state index contributed by atoms with van der Waals surface area (Å²) < 4.78 is 42.8. The summed E-state index contributed by atoms with van der Waals surface area (Å²) in [6.07, 6.45) is -0.511. The smallest absolute Gasteiger partial charge is 0.416 e. The normalized spacial score (nSPS) is 13.4. The van der Waals surface area contributed by atoms with E-state index in [4.69, 9.17) is 10.5 Å². The molecule has 108 valence electrons. The molecule has 1 atom stereocenters. The van der Waals surface area contributed by atoms with Gasteiger partial charge in [-0.3, -0.25) is 0 Å². The first-order chi connectivity index (χ1) is 8.90. The van der Waals surface area contributed by atoms with E-state index in [2.05, 4.69) is 6.92 Å². The largest absolute Gasteiger partial charge is 0.496 e. The highest BCUT2D eigenvalue weighted by atomic mass is 19.4. The summed E-state index contributed by atoms with van der Waals surface area (Å²) in [6, 6.07) is 3.19. The number of unbranched alkanes of at least 4 members (excludes halogenated alkanes) is 2. The average Bonchev–Trinajstić information content (AvgIpc) is 2.37. The molecule has 0 heterocycles. The van der Waals surface area contributed by atoms with Gasteiger partial charge in [-0.25, -0.2) is 0 Å². The molecule has 0 aliphatic heterocycles. The van der Waals surface area contributed by atoms with Gasteiger partial charge in [0.1, 0.15) is 5.75 Å². The van der Waals surface area contributed by atoms with E-state index >= 15 is 0 Å². The number of rotatable bonds is 6. The molecule has 0 amide bonds. The molecule has 1 aromatic rings. The molecule has 2 nitrogen and oxygen atoms in total. The van der Waals surface area contributed by atoms with Crippen molar-refractivity contribution in [1.82, 2.24) is 0 Å². The number of alkyl halides is 3. The molecule has 0 saturated carbocycles. The van der Waals surface area contributed by atoms with Crippen LogP contribution in [-0.2, 0) is 6.18 Å². The van der Waals surface area contributed by atoms with Gasteiger partial charge in [0, 0.05) is 11.6 Å². The Hall–Kier alpha value is -1.23. The summed E-state index contributed by atoms with van der Waals surface area (Å²) in [5.74, 6) is 0.207. The van der Waals surface area contributed by atoms with Crippen molar-refractivity contribution in [3.8, 4) is 5.75 Å². The molecule has 19 heavy (non-hydrogen) atoms. The van der Waals surface area contributed by atoms with E-state index < -0.39 is 11.7 Å². The summed E-state index contributed by atoms with van der Waals surface area (Å²) in [5, 5.41) is 0. The lowest BCUT2D eigenvalue weighted by Crippen LogP contribution is -2.13. The van der Waals surface area contributed by atoms with Crippen LogP contribution in [0.25, 0.3) is 0 Å². The first-order valence-corrected chi connectivity index (χ1v) is 6.40. The van der Waals surface area contributed by atoms with E-state index in [1.165, 1.54) is 13.2 Å². The molecule has 0 spiro atoms. The average molecular weight is 275 g/mol. The monoisotopic (exact) mass is 275 g/mol. The van der Waals surface area contributed by atoms with Crippen LogP contribution in [0.3, 0.4) is 0 Å². The number of nitrogens with two attached hydrogens (primary N) is 1. The number of benzene rings is 1. The van der Waals surface area contributed by atoms with Crippen molar-refractivity contribution in [2.75, 3.05) is 7.11 Å². The Morgan fingerprint density at radius 1 is 1.26 bits per heavy atom. The van der Waals surface area contributed by atoms with Crippen molar-refractivity contribution in [1.29, 1.82) is 0 Å². The highest BCUT2D eigenvalue weighted by molar-refractivity contribution is 5.40. The van der Waals surface area contributed by atoms with Crippen LogP contribution in [0.1, 0.15) is 49.8 Å². The van der Waals surface area contributed by atoms with Crippen molar-refractivity contribution in [2.45, 2.75) is 44.8 Å². The molecule has 0 aliphatic carbocycles. The molecular weight excluding hydrogens is 255 g/mol. The lowest BCUT2D eigenvalue weighted by molar-refractivity contribution is -0.137. The lowest BCUT2D eigenvalue weighted by atomic mass is 9.99. The third-order valence-corrected chi connectivity index (χ3v) is 3.08. The van der Waals surface area contributed by atoms with Gasteiger partial charge in [-0.1, -0.05) is 32.3 Å². The number of halogens is 3. The fourth-order valence-electron chi connectivity index (χ4n) is 1.96. The van der Waals surface area contributed by atoms with E-state index in [0.29, 0.717) is 5.56 Å². The Bertz CT molecular complexity index is 404. The van der Waals surface area contributed by atoms with Crippen LogP contribution < -0.4 is 10.5 Å². The molecule has 1 aromatic carbocycles. The summed E-state index contributed by atoms with van der Waals surface area (Å²) >= 11 is 0. The predicted octanol–water partition coefficient (Wildman–Crippen LogP) is 4.29. The van der Waals surface area contributed by atoms with Gasteiger partial charge in [0.05, 0.1) is 12.7 Å². The van der Waals surface area contributed by atoms with Crippen molar-refractivity contribution in [3.63, 3.8) is 0 Å². The molecule has 0 aromatic heterocycles. The van der Waals surface area contributed by atoms with Gasteiger partial charge in [-0.15, -0.1) is 0 Å². The zero-order chi connectivity index (χ0) is 14.5. The van der Waals surface area contributed by atoms with Gasteiger partial charge in [0.2, 0.25) is 0 Å². The third-order valence-electron chi connectivity index (χ3n) is 3.08. The zero-order valence-corrected chi connectivity index (χ0v) is 11.3. The van der Waals surface area contributed by atoms with Crippen LogP contribution in [0.2, 0.25) is 0 Å². The zero-order valence-electron chi connectivity index (χ0n) is 11.3. The molecule has 5 heteroatoms. The summed E-state index contributed by atoms with van der Waals surface area (Å²) in [4.78, 5) is 0. The van der Waals surface area contributed by atoms with Crippen molar-refractivity contribution < 1.29 is 17.9 Å². The summed E-state index contributed by atoms with van der Waals surface area (Å²) in [6.45, 7) is 2.09. The minimum atomic E-state index is -4.36. The Balaban J connectivity index is 2.89. The third kappa shape index (κ3) is 4.42. The fourth-order valence-corrected chi connectivity index (χ4v) is 1.96. The Labute approximate surface area is 111 Å². The molecule has 0 aliphatic rings. The summed E-state index contributed by atoms with van der Waals surface area (Å²) in [5.41, 5.74) is 5.93. The first kappa shape index (κ1) is 15.8. The first-order valence-electron chi connectivity index (χ1n) is 6.40. The van der Waals surface area contributed by atoms with Crippen LogP contribution in [0, 0.1) is 0 Å². The van der Waals surface area contributed by atoms with Crippen LogP contribution in [0.15, 0.2) is 18.2 Å². The Morgan fingerprint density at radius 3 is 2.47 bits per heavy atom. The number of ether oxygens (including phenoxy) is 1. The van der Waals surface area contributed by atoms with Crippen molar-refractivity contribution >= 4 is 0 Å². The molecule has 0 bridgehead atoms. The van der Waals surface area contributed by atoms with E-state index in [0.717, 1.165) is 37.8 Å². The van der Waals surface area contributed by atoms with Crippen molar-refractivity contribution in [2.24, 2.45) is 5.73 Å². The van der Waals surface area contributed by atoms with Gasteiger partial charge >= 0.3 is 6.18 Å². The second-order valence-corrected chi connectivity index (χ2v) is 4.56. The van der Waals surface area contributed by atoms with Gasteiger partial charge in [-0.05, 0) is 18.6 Å². The standard InChI is InChI=1S/C14H20F3NO/c1-3-4-5-6-12(18)11-8-7-10(14(15,16)17)9-13(11)19-2/h7-9,12H,3-6,18H2,1-2H3/t12-/m0/s1. The van der Waals surface area contributed by atoms with Gasteiger partial charge < -0.3 is 10.5 Å². The minimum absolute atomic E-state index is 0.207. The quantitative estimate of drug-likeness (QED) is 0.786. The topological polar surface area (TPSA) is 35.2 Å². The second-order valence-electron chi connectivity index (χ2n) is 4.56. The SMILES string of the molecule is CCCCC[C@H](N)c1ccc(C(F)(F)F)cc1OC. The highest BCUT2D eigenvalue weighted by Gasteiger charge is 2.31. The number of hydrogen-bond acceptors (Lipinski definition) is 2. The molecule has 1 rings (SSSR count). The maximum atomic E-state index is 12.6. The molecule has 2 N–H and O–H groups in total. The van der Waals surface area contributed by atoms with Crippen LogP contribution in [0.5, 0.6) is 5.75 Å². The molecule has 0 radical (unpaired) electrons. The molecule has 0 fully saturated rings. The maximum absolute atomic E-state index is 12.6. The summed E-state index contributed by atoms with van der Waals surface area (Å²) in [7, 11) is 1.36. The number of methoxy groups -OCH3 is 1. The lowest BCUT2D eigenvalue weighted by Gasteiger charge is -2.17. The fraction of sp³-hybridized carbons (Fsp3) is 0.571. The van der Waals surface area contributed by atoms with Gasteiger partial charge in [-0.2, -0.15) is 13.2 Å². The van der Waals surface area contributed by atoms with E-state index in [1.807, 2.05) is 0 Å². The van der Waals surface area contributed by atoms with E-state index in [9.17, 15) is 13.2 Å². The van der Waals surface area contributed by atoms with Crippen LogP contribution in [-0.4, -0.2) is 7.11 Å². The minimum Gasteiger partial charge on any atom is -0.496 e. The Morgan fingerprint density at radius 2 is 1.95 bits per heavy atom. The molecular formula is C14H20F3NO. The second kappa shape index (κ2) is 6.80. The van der Waals surface area contributed by atoms with Gasteiger partial charge in [0.15, 0.2) is 0 Å². The van der Waals surface area contributed by atoms with Crippen LogP contribution in [0.4, 0.5) is 13.2 Å². The van der Waals surface area contributed by atoms with Crippen molar-refractivity contribution in [3.05, 3.63) is 29.3 Å². The van der Waals surface area contributed by atoms with E-state index in [1.54, 1.807) is 0 Å². The molecule has 0 saturated heterocycles. The number of hydrogen-bond donors (Lipinski definition) is 1. The predicted molar refractivity (Wildman–Crippen MR) is 69.1 cm³/mol. The highest BCUT2D eigenvalue weighted by Crippen LogP contribution is 2.35. The Kier molecular flexibility index (Phi) is 5.66. The van der Waals surface area contributed by atoms with Gasteiger partial charge in [0.25, 0.3) is 0 Å². The van der Waals surface area contributed by atoms with Crippen LogP contribution >= 0.6 is 0 Å². The molecule has 0 unspecified atom stereocenters.